The van der Waals surface area contributed by atoms with E-state index in [0.29, 0.717) is 5.69 Å². The van der Waals surface area contributed by atoms with E-state index in [1.54, 1.807) is 13.0 Å². The van der Waals surface area contributed by atoms with Crippen molar-refractivity contribution in [1.29, 1.82) is 0 Å². The summed E-state index contributed by atoms with van der Waals surface area (Å²) in [6.45, 7) is 4.02. The summed E-state index contributed by atoms with van der Waals surface area (Å²) in [5.41, 5.74) is 2.68. The van der Waals surface area contributed by atoms with Crippen LogP contribution in [0.3, 0.4) is 0 Å². The van der Waals surface area contributed by atoms with Gasteiger partial charge in [-0.3, -0.25) is 4.79 Å². The number of anilines is 2. The Morgan fingerprint density at radius 3 is 2.41 bits per heavy atom. The maximum absolute atomic E-state index is 12.0. The van der Waals surface area contributed by atoms with Crippen molar-refractivity contribution in [2.24, 2.45) is 0 Å². The molecule has 1 saturated heterocycles. The van der Waals surface area contributed by atoms with Crippen molar-refractivity contribution >= 4 is 17.3 Å². The van der Waals surface area contributed by atoms with E-state index in [2.05, 4.69) is 27.5 Å². The van der Waals surface area contributed by atoms with Crippen LogP contribution in [0.15, 0.2) is 34.9 Å². The van der Waals surface area contributed by atoms with E-state index in [-0.39, 0.29) is 11.7 Å². The zero-order valence-electron chi connectivity index (χ0n) is 12.8. The van der Waals surface area contributed by atoms with Gasteiger partial charge in [-0.15, -0.1) is 0 Å². The molecular weight excluding hydrogens is 278 g/mol. The van der Waals surface area contributed by atoms with Gasteiger partial charge in [-0.2, -0.15) is 0 Å². The zero-order valence-corrected chi connectivity index (χ0v) is 12.8. The topological polar surface area (TPSA) is 58.4 Å². The molecule has 1 N–H and O–H groups in total. The number of benzene rings is 1. The number of nitrogens with one attached hydrogen (secondary N) is 1. The molecule has 1 aliphatic heterocycles. The van der Waals surface area contributed by atoms with Crippen LogP contribution in [0.1, 0.15) is 41.9 Å². The van der Waals surface area contributed by atoms with Crippen molar-refractivity contribution in [2.75, 3.05) is 23.3 Å². The third-order valence-corrected chi connectivity index (χ3v) is 3.95. The Kier molecular flexibility index (Phi) is 4.42. The molecule has 116 valence electrons. The van der Waals surface area contributed by atoms with Gasteiger partial charge in [0.2, 0.25) is 5.76 Å². The first-order chi connectivity index (χ1) is 10.7. The van der Waals surface area contributed by atoms with E-state index in [4.69, 9.17) is 4.52 Å². The van der Waals surface area contributed by atoms with Crippen molar-refractivity contribution in [3.63, 3.8) is 0 Å². The average Bonchev–Trinajstić information content (AvgIpc) is 2.80. The third kappa shape index (κ3) is 3.47. The Morgan fingerprint density at radius 2 is 1.82 bits per heavy atom. The molecule has 2 aromatic rings. The van der Waals surface area contributed by atoms with Crippen molar-refractivity contribution < 1.29 is 9.32 Å². The van der Waals surface area contributed by atoms with Crippen LogP contribution in [-0.4, -0.2) is 24.2 Å². The summed E-state index contributed by atoms with van der Waals surface area (Å²) in [7, 11) is 0. The van der Waals surface area contributed by atoms with E-state index < -0.39 is 0 Å². The van der Waals surface area contributed by atoms with Crippen LogP contribution in [0.25, 0.3) is 0 Å². The van der Waals surface area contributed by atoms with Gasteiger partial charge >= 0.3 is 0 Å². The maximum atomic E-state index is 12.0. The predicted octanol–water partition coefficient (Wildman–Crippen LogP) is 3.62. The number of aryl methyl sites for hydroxylation is 1. The molecule has 1 aliphatic rings. The van der Waals surface area contributed by atoms with Gasteiger partial charge in [-0.25, -0.2) is 0 Å². The predicted molar refractivity (Wildman–Crippen MR) is 86.3 cm³/mol. The van der Waals surface area contributed by atoms with Gasteiger partial charge in [0.15, 0.2) is 0 Å². The van der Waals surface area contributed by atoms with E-state index in [0.717, 1.165) is 18.8 Å². The fraction of sp³-hybridized carbons (Fsp3) is 0.412. The van der Waals surface area contributed by atoms with Crippen LogP contribution in [-0.2, 0) is 0 Å². The van der Waals surface area contributed by atoms with E-state index in [1.165, 1.54) is 31.4 Å². The molecule has 3 rings (SSSR count). The average molecular weight is 299 g/mol. The lowest BCUT2D eigenvalue weighted by molar-refractivity contribution is 0.0988. The highest BCUT2D eigenvalue weighted by atomic mass is 16.5. The van der Waals surface area contributed by atoms with Crippen molar-refractivity contribution in [3.8, 4) is 0 Å². The summed E-state index contributed by atoms with van der Waals surface area (Å²) in [6, 6.07) is 9.61. The van der Waals surface area contributed by atoms with E-state index >= 15 is 0 Å². The maximum Gasteiger partial charge on any atom is 0.294 e. The lowest BCUT2D eigenvalue weighted by Crippen LogP contribution is -2.23. The van der Waals surface area contributed by atoms with E-state index in [1.807, 2.05) is 12.1 Å². The highest BCUT2D eigenvalue weighted by Crippen LogP contribution is 2.22. The van der Waals surface area contributed by atoms with Crippen molar-refractivity contribution in [2.45, 2.75) is 32.6 Å². The molecule has 0 radical (unpaired) electrons. The van der Waals surface area contributed by atoms with Gasteiger partial charge in [0.1, 0.15) is 0 Å². The molecule has 0 atom stereocenters. The smallest absolute Gasteiger partial charge is 0.294 e. The molecule has 0 bridgehead atoms. The SMILES string of the molecule is Cc1cc(C(=O)Nc2ccc(N3CCCCCC3)cc2)on1. The van der Waals surface area contributed by atoms with Gasteiger partial charge in [-0.1, -0.05) is 18.0 Å². The molecule has 1 fully saturated rings. The molecule has 5 nitrogen and oxygen atoms in total. The lowest BCUT2D eigenvalue weighted by Gasteiger charge is -2.22. The summed E-state index contributed by atoms with van der Waals surface area (Å²) in [5.74, 6) is -0.0442. The molecule has 1 amide bonds. The van der Waals surface area contributed by atoms with Gasteiger partial charge in [-0.05, 0) is 44.0 Å². The van der Waals surface area contributed by atoms with Crippen LogP contribution in [0.5, 0.6) is 0 Å². The monoisotopic (exact) mass is 299 g/mol. The summed E-state index contributed by atoms with van der Waals surface area (Å²) in [5, 5.41) is 6.54. The molecule has 1 aromatic heterocycles. The number of hydrogen-bond donors (Lipinski definition) is 1. The van der Waals surface area contributed by atoms with Crippen LogP contribution < -0.4 is 10.2 Å². The lowest BCUT2D eigenvalue weighted by atomic mass is 10.2. The van der Waals surface area contributed by atoms with Crippen LogP contribution >= 0.6 is 0 Å². The molecule has 22 heavy (non-hydrogen) atoms. The molecule has 0 saturated carbocycles. The minimum atomic E-state index is -0.275. The van der Waals surface area contributed by atoms with Gasteiger partial charge < -0.3 is 14.7 Å². The first-order valence-electron chi connectivity index (χ1n) is 7.82. The van der Waals surface area contributed by atoms with Crippen LogP contribution in [0.2, 0.25) is 0 Å². The number of amides is 1. The Morgan fingerprint density at radius 1 is 1.14 bits per heavy atom. The summed E-state index contributed by atoms with van der Waals surface area (Å²) >= 11 is 0. The highest BCUT2D eigenvalue weighted by Gasteiger charge is 2.13. The van der Waals surface area contributed by atoms with Gasteiger partial charge in [0.25, 0.3) is 5.91 Å². The first-order valence-corrected chi connectivity index (χ1v) is 7.82. The minimum absolute atomic E-state index is 0.231. The fourth-order valence-electron chi connectivity index (χ4n) is 2.75. The van der Waals surface area contributed by atoms with Crippen LogP contribution in [0, 0.1) is 6.92 Å². The third-order valence-electron chi connectivity index (χ3n) is 3.95. The number of aromatic nitrogens is 1. The molecular formula is C17H21N3O2. The summed E-state index contributed by atoms with van der Waals surface area (Å²) in [4.78, 5) is 14.4. The second-order valence-corrected chi connectivity index (χ2v) is 5.73. The molecule has 0 unspecified atom stereocenters. The summed E-state index contributed by atoms with van der Waals surface area (Å²) < 4.78 is 4.96. The molecule has 2 heterocycles. The number of rotatable bonds is 3. The molecule has 5 heteroatoms. The standard InChI is InChI=1S/C17H21N3O2/c1-13-12-16(22-19-13)17(21)18-14-6-8-15(9-7-14)20-10-4-2-3-5-11-20/h6-9,12H,2-5,10-11H2,1H3,(H,18,21). The Balaban J connectivity index is 1.64. The number of nitrogens with zero attached hydrogens (tertiary/aromatic N) is 2. The van der Waals surface area contributed by atoms with Crippen molar-refractivity contribution in [1.82, 2.24) is 5.16 Å². The van der Waals surface area contributed by atoms with Crippen LogP contribution in [0.4, 0.5) is 11.4 Å². The number of carbonyl (C=O) groups is 1. The highest BCUT2D eigenvalue weighted by molar-refractivity contribution is 6.02. The fourth-order valence-corrected chi connectivity index (χ4v) is 2.75. The minimum Gasteiger partial charge on any atom is -0.372 e. The van der Waals surface area contributed by atoms with Gasteiger partial charge in [0.05, 0.1) is 5.69 Å². The Bertz CT molecular complexity index is 626. The van der Waals surface area contributed by atoms with E-state index in [9.17, 15) is 4.79 Å². The second-order valence-electron chi connectivity index (χ2n) is 5.73. The second kappa shape index (κ2) is 6.64. The van der Waals surface area contributed by atoms with Crippen molar-refractivity contribution in [3.05, 3.63) is 41.8 Å². The number of hydrogen-bond acceptors (Lipinski definition) is 4. The first kappa shape index (κ1) is 14.6. The molecule has 1 aromatic carbocycles. The Hall–Kier alpha value is -2.30. The molecule has 0 aliphatic carbocycles. The quantitative estimate of drug-likeness (QED) is 0.940. The molecule has 0 spiro atoms. The van der Waals surface area contributed by atoms with Gasteiger partial charge in [0, 0.05) is 30.5 Å². The zero-order chi connectivity index (χ0) is 15.4. The largest absolute Gasteiger partial charge is 0.372 e. The summed E-state index contributed by atoms with van der Waals surface area (Å²) in [6.07, 6.45) is 5.15. The number of carbonyl (C=O) groups excluding carboxylic acids is 1. The Labute approximate surface area is 130 Å². The normalized spacial score (nSPS) is 15.4.